The summed E-state index contributed by atoms with van der Waals surface area (Å²) in [5.41, 5.74) is 9.95. The van der Waals surface area contributed by atoms with Gasteiger partial charge in [0.25, 0.3) is 0 Å². The molecule has 4 rings (SSSR count). The number of hydrogen-bond acceptors (Lipinski definition) is 7. The van der Waals surface area contributed by atoms with Crippen LogP contribution in [-0.2, 0) is 6.54 Å². The average molecular weight is 490 g/mol. The van der Waals surface area contributed by atoms with Gasteiger partial charge in [-0.05, 0) is 62.4 Å². The number of nitrogens with two attached hydrogens (primary N) is 1. The lowest BCUT2D eigenvalue weighted by molar-refractivity contribution is -0.384. The zero-order valence-electron chi connectivity index (χ0n) is 20.8. The first kappa shape index (κ1) is 25.1. The summed E-state index contributed by atoms with van der Waals surface area (Å²) in [5, 5.41) is 14.9. The van der Waals surface area contributed by atoms with E-state index in [1.807, 2.05) is 45.0 Å². The van der Waals surface area contributed by atoms with Gasteiger partial charge in [0.1, 0.15) is 5.75 Å². The first-order valence-electron chi connectivity index (χ1n) is 12.0. The van der Waals surface area contributed by atoms with Crippen molar-refractivity contribution in [2.24, 2.45) is 5.73 Å². The fourth-order valence-corrected chi connectivity index (χ4v) is 4.64. The highest BCUT2D eigenvalue weighted by atomic mass is 16.6. The van der Waals surface area contributed by atoms with Crippen LogP contribution in [0.4, 0.5) is 11.5 Å². The van der Waals surface area contributed by atoms with Gasteiger partial charge in [-0.1, -0.05) is 29.8 Å². The quantitative estimate of drug-likeness (QED) is 0.341. The van der Waals surface area contributed by atoms with E-state index in [2.05, 4.69) is 15.2 Å². The van der Waals surface area contributed by atoms with E-state index >= 15 is 0 Å². The number of benzene rings is 2. The Morgan fingerprint density at radius 3 is 2.33 bits per heavy atom. The topological polar surface area (TPSA) is 124 Å². The minimum absolute atomic E-state index is 0.0581. The Bertz CT molecular complexity index is 1240. The number of anilines is 1. The summed E-state index contributed by atoms with van der Waals surface area (Å²) in [5.74, 6) is 0.815. The number of likely N-dealkylation sites (tertiary alicyclic amines) is 1. The molecule has 1 aromatic heterocycles. The smallest absolute Gasteiger partial charge is 0.311 e. The van der Waals surface area contributed by atoms with Crippen molar-refractivity contribution in [3.05, 3.63) is 86.5 Å². The molecule has 0 atom stereocenters. The summed E-state index contributed by atoms with van der Waals surface area (Å²) < 4.78 is 6.06. The first-order valence-corrected chi connectivity index (χ1v) is 12.0. The van der Waals surface area contributed by atoms with Gasteiger partial charge in [0.2, 0.25) is 17.6 Å². The maximum atomic E-state index is 11.6. The molecule has 0 bridgehead atoms. The number of nitro groups is 1. The molecular weight excluding hydrogens is 458 g/mol. The molecule has 3 aromatic rings. The molecule has 2 heterocycles. The lowest BCUT2D eigenvalue weighted by atomic mass is 10.0. The number of piperidine rings is 1. The third-order valence-electron chi connectivity index (χ3n) is 6.43. The molecule has 3 N–H and O–H groups in total. The molecule has 0 radical (unpaired) electrons. The third-order valence-corrected chi connectivity index (χ3v) is 6.43. The number of carbonyl (C=O) groups is 1. The van der Waals surface area contributed by atoms with Crippen molar-refractivity contribution in [2.75, 3.05) is 18.4 Å². The molecule has 1 fully saturated rings. The predicted octanol–water partition coefficient (Wildman–Crippen LogP) is 4.88. The van der Waals surface area contributed by atoms with Crippen LogP contribution in [0.15, 0.2) is 48.5 Å². The van der Waals surface area contributed by atoms with Crippen LogP contribution < -0.4 is 15.8 Å². The van der Waals surface area contributed by atoms with Crippen molar-refractivity contribution in [2.45, 2.75) is 46.2 Å². The number of rotatable bonds is 8. The highest BCUT2D eigenvalue weighted by Crippen LogP contribution is 2.32. The number of amides is 1. The fraction of sp³-hybridized carbons (Fsp3) is 0.333. The van der Waals surface area contributed by atoms with Crippen LogP contribution in [0.5, 0.6) is 11.6 Å². The molecule has 1 amide bonds. The van der Waals surface area contributed by atoms with Gasteiger partial charge in [-0.15, -0.1) is 0 Å². The normalized spacial score (nSPS) is 14.4. The molecular formula is C27H31N5O4. The predicted molar refractivity (Wildman–Crippen MR) is 138 cm³/mol. The molecule has 9 heteroatoms. The van der Waals surface area contributed by atoms with Crippen molar-refractivity contribution in [1.82, 2.24) is 9.88 Å². The van der Waals surface area contributed by atoms with E-state index in [1.165, 1.54) is 12.1 Å². The second-order valence-corrected chi connectivity index (χ2v) is 9.36. The molecule has 36 heavy (non-hydrogen) atoms. The van der Waals surface area contributed by atoms with Gasteiger partial charge >= 0.3 is 5.69 Å². The van der Waals surface area contributed by atoms with Crippen LogP contribution >= 0.6 is 0 Å². The van der Waals surface area contributed by atoms with Gasteiger partial charge in [0.15, 0.2) is 0 Å². The minimum atomic E-state index is -0.435. The van der Waals surface area contributed by atoms with Gasteiger partial charge in [0.05, 0.1) is 4.92 Å². The summed E-state index contributed by atoms with van der Waals surface area (Å²) in [6, 6.07) is 14.4. The number of aryl methyl sites for hydroxylation is 3. The average Bonchev–Trinajstić information content (AvgIpc) is 2.83. The van der Waals surface area contributed by atoms with Crippen molar-refractivity contribution in [1.29, 1.82) is 0 Å². The van der Waals surface area contributed by atoms with Crippen LogP contribution in [0.3, 0.4) is 0 Å². The second-order valence-electron chi connectivity index (χ2n) is 9.36. The second kappa shape index (κ2) is 10.7. The van der Waals surface area contributed by atoms with E-state index < -0.39 is 10.8 Å². The lowest BCUT2D eigenvalue weighted by Gasteiger charge is -2.32. The number of nitrogens with zero attached hydrogens (tertiary/aromatic N) is 3. The number of carbonyl (C=O) groups excluding carboxylic acids is 1. The highest BCUT2D eigenvalue weighted by Gasteiger charge is 2.24. The number of primary amides is 1. The Morgan fingerprint density at radius 2 is 1.75 bits per heavy atom. The van der Waals surface area contributed by atoms with E-state index in [4.69, 9.17) is 10.5 Å². The van der Waals surface area contributed by atoms with Crippen LogP contribution in [0.2, 0.25) is 0 Å². The van der Waals surface area contributed by atoms with E-state index in [1.54, 1.807) is 12.1 Å². The largest absolute Gasteiger partial charge is 0.438 e. The zero-order chi connectivity index (χ0) is 25.8. The summed E-state index contributed by atoms with van der Waals surface area (Å²) >= 11 is 0. The molecule has 2 aromatic carbocycles. The van der Waals surface area contributed by atoms with E-state index in [0.29, 0.717) is 17.2 Å². The maximum absolute atomic E-state index is 11.6. The zero-order valence-corrected chi connectivity index (χ0v) is 20.8. The monoisotopic (exact) mass is 489 g/mol. The summed E-state index contributed by atoms with van der Waals surface area (Å²) in [4.78, 5) is 29.3. The maximum Gasteiger partial charge on any atom is 0.311 e. The Balaban J connectivity index is 1.41. The number of aromatic nitrogens is 1. The molecule has 0 aliphatic carbocycles. The summed E-state index contributed by atoms with van der Waals surface area (Å²) in [6.07, 6.45) is 1.64. The molecule has 9 nitrogen and oxygen atoms in total. The summed E-state index contributed by atoms with van der Waals surface area (Å²) in [7, 11) is 0. The fourth-order valence-electron chi connectivity index (χ4n) is 4.64. The summed E-state index contributed by atoms with van der Waals surface area (Å²) in [6.45, 7) is 8.41. The van der Waals surface area contributed by atoms with E-state index in [9.17, 15) is 14.9 Å². The SMILES string of the molecule is Cc1cc(C)c(Oc2ccc([N+](=O)[O-])c(NC3CCN(Cc4ccc(C(N)=O)cc4)CC3)n2)c(C)c1. The van der Waals surface area contributed by atoms with Gasteiger partial charge in [-0.3, -0.25) is 19.8 Å². The van der Waals surface area contributed by atoms with Crippen molar-refractivity contribution in [3.63, 3.8) is 0 Å². The molecule has 0 saturated carbocycles. The minimum Gasteiger partial charge on any atom is -0.438 e. The first-order chi connectivity index (χ1) is 17.2. The Morgan fingerprint density at radius 1 is 1.11 bits per heavy atom. The van der Waals surface area contributed by atoms with Crippen LogP contribution in [0.1, 0.15) is 45.5 Å². The number of hydrogen-bond donors (Lipinski definition) is 2. The number of nitrogens with one attached hydrogen (secondary N) is 1. The van der Waals surface area contributed by atoms with Crippen molar-refractivity contribution in [3.8, 4) is 11.6 Å². The molecule has 1 saturated heterocycles. The number of ether oxygens (including phenoxy) is 1. The van der Waals surface area contributed by atoms with Crippen LogP contribution in [0.25, 0.3) is 0 Å². The highest BCUT2D eigenvalue weighted by molar-refractivity contribution is 5.92. The molecule has 1 aliphatic rings. The van der Waals surface area contributed by atoms with Gasteiger partial charge in [-0.2, -0.15) is 4.98 Å². The molecule has 0 spiro atoms. The molecule has 1 aliphatic heterocycles. The molecule has 188 valence electrons. The van der Waals surface area contributed by atoms with Crippen LogP contribution in [0, 0.1) is 30.9 Å². The van der Waals surface area contributed by atoms with Crippen LogP contribution in [-0.4, -0.2) is 39.8 Å². The Hall–Kier alpha value is -3.98. The third kappa shape index (κ3) is 5.98. The standard InChI is InChI=1S/C27H31N5O4/c1-17-14-18(2)25(19(3)15-17)36-24-9-8-23(32(34)35)27(30-24)29-22-10-12-31(13-11-22)16-20-4-6-21(7-5-20)26(28)33/h4-9,14-15,22H,10-13,16H2,1-3H3,(H2,28,33)(H,29,30). The van der Waals surface area contributed by atoms with Gasteiger partial charge < -0.3 is 15.8 Å². The lowest BCUT2D eigenvalue weighted by Crippen LogP contribution is -2.38. The van der Waals surface area contributed by atoms with Gasteiger partial charge in [-0.25, -0.2) is 0 Å². The van der Waals surface area contributed by atoms with Crippen molar-refractivity contribution < 1.29 is 14.5 Å². The Kier molecular flexibility index (Phi) is 7.49. The van der Waals surface area contributed by atoms with Gasteiger partial charge in [0, 0.05) is 43.4 Å². The van der Waals surface area contributed by atoms with Crippen molar-refractivity contribution >= 4 is 17.4 Å². The van der Waals surface area contributed by atoms with E-state index in [0.717, 1.165) is 54.7 Å². The Labute approximate surface area is 210 Å². The number of pyridine rings is 1. The van der Waals surface area contributed by atoms with E-state index in [-0.39, 0.29) is 17.5 Å². The molecule has 0 unspecified atom stereocenters.